The topological polar surface area (TPSA) is 41.6 Å². The standard InChI is InChI=1S/C13H24N2O2/c1-5-8-15-9-6-7-11(10-15)14-12(16)17-13(2,3)4/h5,11H,1,6-10H2,2-4H3,(H,14,16). The van der Waals surface area contributed by atoms with Gasteiger partial charge >= 0.3 is 6.09 Å². The number of ether oxygens (including phenoxy) is 1. The molecule has 0 aromatic rings. The molecule has 1 aliphatic rings. The highest BCUT2D eigenvalue weighted by atomic mass is 16.6. The highest BCUT2D eigenvalue weighted by Gasteiger charge is 2.23. The lowest BCUT2D eigenvalue weighted by Gasteiger charge is -2.32. The van der Waals surface area contributed by atoms with Crippen LogP contribution in [0, 0.1) is 0 Å². The van der Waals surface area contributed by atoms with Crippen molar-refractivity contribution in [2.75, 3.05) is 19.6 Å². The van der Waals surface area contributed by atoms with Crippen molar-refractivity contribution in [3.63, 3.8) is 0 Å². The first-order chi connectivity index (χ1) is 7.90. The van der Waals surface area contributed by atoms with Gasteiger partial charge in [-0.15, -0.1) is 6.58 Å². The molecule has 0 saturated carbocycles. The summed E-state index contributed by atoms with van der Waals surface area (Å²) < 4.78 is 5.25. The Hall–Kier alpha value is -1.03. The van der Waals surface area contributed by atoms with Crippen LogP contribution < -0.4 is 5.32 Å². The van der Waals surface area contributed by atoms with Crippen molar-refractivity contribution < 1.29 is 9.53 Å². The van der Waals surface area contributed by atoms with E-state index in [2.05, 4.69) is 16.8 Å². The van der Waals surface area contributed by atoms with Gasteiger partial charge in [0, 0.05) is 19.1 Å². The van der Waals surface area contributed by atoms with Crippen LogP contribution in [0.2, 0.25) is 0 Å². The van der Waals surface area contributed by atoms with Crippen LogP contribution in [0.3, 0.4) is 0 Å². The number of hydrogen-bond donors (Lipinski definition) is 1. The molecule has 1 heterocycles. The number of likely N-dealkylation sites (tertiary alicyclic amines) is 1. The summed E-state index contributed by atoms with van der Waals surface area (Å²) >= 11 is 0. The molecule has 1 amide bonds. The van der Waals surface area contributed by atoms with Crippen LogP contribution in [0.5, 0.6) is 0 Å². The lowest BCUT2D eigenvalue weighted by Crippen LogP contribution is -2.48. The average Bonchev–Trinajstić information content (AvgIpc) is 2.15. The number of carbonyl (C=O) groups is 1. The Kier molecular flexibility index (Phi) is 5.00. The molecule has 0 bridgehead atoms. The number of hydrogen-bond acceptors (Lipinski definition) is 3. The molecule has 1 unspecified atom stereocenters. The van der Waals surface area contributed by atoms with Gasteiger partial charge in [-0.05, 0) is 40.2 Å². The summed E-state index contributed by atoms with van der Waals surface area (Å²) in [7, 11) is 0. The second-order valence-electron chi connectivity index (χ2n) is 5.53. The average molecular weight is 240 g/mol. The van der Waals surface area contributed by atoms with Crippen molar-refractivity contribution in [1.29, 1.82) is 0 Å². The Bertz CT molecular complexity index is 271. The van der Waals surface area contributed by atoms with Gasteiger partial charge in [-0.3, -0.25) is 4.90 Å². The van der Waals surface area contributed by atoms with Gasteiger partial charge in [0.25, 0.3) is 0 Å². The molecule has 1 N–H and O–H groups in total. The van der Waals surface area contributed by atoms with Crippen LogP contribution in [0.15, 0.2) is 12.7 Å². The Morgan fingerprint density at radius 2 is 2.29 bits per heavy atom. The molecule has 1 atom stereocenters. The molecule has 0 radical (unpaired) electrons. The third-order valence-electron chi connectivity index (χ3n) is 2.61. The summed E-state index contributed by atoms with van der Waals surface area (Å²) in [6.07, 6.45) is 3.71. The number of alkyl carbamates (subject to hydrolysis) is 1. The minimum Gasteiger partial charge on any atom is -0.444 e. The Morgan fingerprint density at radius 3 is 2.88 bits per heavy atom. The SMILES string of the molecule is C=CCN1CCCC(NC(=O)OC(C)(C)C)C1. The summed E-state index contributed by atoms with van der Waals surface area (Å²) in [6, 6.07) is 0.193. The first kappa shape index (κ1) is 14.0. The summed E-state index contributed by atoms with van der Waals surface area (Å²) in [5, 5.41) is 2.93. The van der Waals surface area contributed by atoms with E-state index in [4.69, 9.17) is 4.74 Å². The number of nitrogens with zero attached hydrogens (tertiary/aromatic N) is 1. The smallest absolute Gasteiger partial charge is 0.407 e. The molecule has 4 heteroatoms. The van der Waals surface area contributed by atoms with Gasteiger partial charge in [-0.25, -0.2) is 4.79 Å². The van der Waals surface area contributed by atoms with E-state index in [-0.39, 0.29) is 12.1 Å². The predicted molar refractivity (Wildman–Crippen MR) is 69.0 cm³/mol. The maximum absolute atomic E-state index is 11.6. The summed E-state index contributed by atoms with van der Waals surface area (Å²) in [4.78, 5) is 13.9. The number of rotatable bonds is 3. The molecule has 0 aromatic carbocycles. The van der Waals surface area contributed by atoms with Crippen molar-refractivity contribution in [1.82, 2.24) is 10.2 Å². The van der Waals surface area contributed by atoms with Gasteiger partial charge in [0.1, 0.15) is 5.60 Å². The lowest BCUT2D eigenvalue weighted by molar-refractivity contribution is 0.0475. The minimum absolute atomic E-state index is 0.193. The Labute approximate surface area is 104 Å². The highest BCUT2D eigenvalue weighted by Crippen LogP contribution is 2.11. The highest BCUT2D eigenvalue weighted by molar-refractivity contribution is 5.68. The molecule has 4 nitrogen and oxygen atoms in total. The molecular weight excluding hydrogens is 216 g/mol. The number of piperidine rings is 1. The van der Waals surface area contributed by atoms with E-state index in [9.17, 15) is 4.79 Å². The first-order valence-corrected chi connectivity index (χ1v) is 6.23. The first-order valence-electron chi connectivity index (χ1n) is 6.23. The van der Waals surface area contributed by atoms with Crippen molar-refractivity contribution >= 4 is 6.09 Å². The summed E-state index contributed by atoms with van der Waals surface area (Å²) in [6.45, 7) is 12.2. The molecule has 0 aromatic heterocycles. The summed E-state index contributed by atoms with van der Waals surface area (Å²) in [5.74, 6) is 0. The monoisotopic (exact) mass is 240 g/mol. The predicted octanol–water partition coefficient (Wildman–Crippen LogP) is 2.16. The molecule has 0 spiro atoms. The minimum atomic E-state index is -0.431. The quantitative estimate of drug-likeness (QED) is 0.769. The number of nitrogens with one attached hydrogen (secondary N) is 1. The number of carbonyl (C=O) groups excluding carboxylic acids is 1. The van der Waals surface area contributed by atoms with Crippen molar-refractivity contribution in [2.24, 2.45) is 0 Å². The fourth-order valence-corrected chi connectivity index (χ4v) is 2.00. The Morgan fingerprint density at radius 1 is 1.59 bits per heavy atom. The molecule has 1 saturated heterocycles. The maximum Gasteiger partial charge on any atom is 0.407 e. The maximum atomic E-state index is 11.6. The van der Waals surface area contributed by atoms with E-state index in [1.165, 1.54) is 0 Å². The largest absolute Gasteiger partial charge is 0.444 e. The third-order valence-corrected chi connectivity index (χ3v) is 2.61. The fraction of sp³-hybridized carbons (Fsp3) is 0.769. The van der Waals surface area contributed by atoms with Gasteiger partial charge in [0.2, 0.25) is 0 Å². The second kappa shape index (κ2) is 6.05. The van der Waals surface area contributed by atoms with Gasteiger partial charge in [-0.1, -0.05) is 6.08 Å². The van der Waals surface area contributed by atoms with Crippen molar-refractivity contribution in [3.8, 4) is 0 Å². The van der Waals surface area contributed by atoms with Crippen LogP contribution in [0.4, 0.5) is 4.79 Å². The zero-order chi connectivity index (χ0) is 12.9. The van der Waals surface area contributed by atoms with E-state index in [1.807, 2.05) is 26.8 Å². The molecule has 17 heavy (non-hydrogen) atoms. The number of amides is 1. The van der Waals surface area contributed by atoms with Crippen LogP contribution >= 0.6 is 0 Å². The van der Waals surface area contributed by atoms with E-state index in [0.29, 0.717) is 0 Å². The van der Waals surface area contributed by atoms with E-state index >= 15 is 0 Å². The molecule has 1 aliphatic heterocycles. The van der Waals surface area contributed by atoms with Crippen LogP contribution in [-0.2, 0) is 4.74 Å². The summed E-state index contributed by atoms with van der Waals surface area (Å²) in [5.41, 5.74) is -0.431. The van der Waals surface area contributed by atoms with Crippen molar-refractivity contribution in [2.45, 2.75) is 45.3 Å². The molecule has 1 rings (SSSR count). The lowest BCUT2D eigenvalue weighted by atomic mass is 10.1. The molecule has 98 valence electrons. The Balaban J connectivity index is 2.35. The van der Waals surface area contributed by atoms with E-state index < -0.39 is 5.60 Å². The third kappa shape index (κ3) is 5.73. The molecule has 0 aliphatic carbocycles. The molecule has 1 fully saturated rings. The fourth-order valence-electron chi connectivity index (χ4n) is 2.00. The van der Waals surface area contributed by atoms with E-state index in [1.54, 1.807) is 0 Å². The normalized spacial score (nSPS) is 21.9. The molecular formula is C13H24N2O2. The second-order valence-corrected chi connectivity index (χ2v) is 5.53. The van der Waals surface area contributed by atoms with Crippen LogP contribution in [-0.4, -0.2) is 42.3 Å². The van der Waals surface area contributed by atoms with Crippen molar-refractivity contribution in [3.05, 3.63) is 12.7 Å². The van der Waals surface area contributed by atoms with Crippen LogP contribution in [0.1, 0.15) is 33.6 Å². The van der Waals surface area contributed by atoms with Crippen LogP contribution in [0.25, 0.3) is 0 Å². The zero-order valence-corrected chi connectivity index (χ0v) is 11.2. The van der Waals surface area contributed by atoms with E-state index in [0.717, 1.165) is 32.5 Å². The van der Waals surface area contributed by atoms with Gasteiger partial charge in [0.05, 0.1) is 0 Å². The van der Waals surface area contributed by atoms with Gasteiger partial charge < -0.3 is 10.1 Å². The van der Waals surface area contributed by atoms with Gasteiger partial charge in [-0.2, -0.15) is 0 Å². The zero-order valence-electron chi connectivity index (χ0n) is 11.2. The van der Waals surface area contributed by atoms with Gasteiger partial charge in [0.15, 0.2) is 0 Å².